The summed E-state index contributed by atoms with van der Waals surface area (Å²) in [7, 11) is 1.87. The van der Waals surface area contributed by atoms with Crippen molar-refractivity contribution >= 4 is 30.6 Å². The van der Waals surface area contributed by atoms with Crippen molar-refractivity contribution in [2.45, 2.75) is 26.2 Å². The molecule has 0 unspecified atom stereocenters. The minimum Gasteiger partial charge on any atom is -0.346 e. The molecular formula is C31H37N6P. The number of aryl methyl sites for hydroxylation is 1. The van der Waals surface area contributed by atoms with Crippen LogP contribution in [0.5, 0.6) is 0 Å². The van der Waals surface area contributed by atoms with Crippen LogP contribution in [0, 0.1) is 6.92 Å². The summed E-state index contributed by atoms with van der Waals surface area (Å²) in [6.45, 7) is 10.8. The van der Waals surface area contributed by atoms with Gasteiger partial charge in [0.25, 0.3) is 0 Å². The van der Waals surface area contributed by atoms with Gasteiger partial charge >= 0.3 is 0 Å². The topological polar surface area (TPSA) is 37.7 Å². The van der Waals surface area contributed by atoms with E-state index in [2.05, 4.69) is 139 Å². The summed E-state index contributed by atoms with van der Waals surface area (Å²) >= 11 is 0. The number of likely N-dealkylation sites (N-methyl/N-ethyl adjacent to an activating group) is 2. The molecular weight excluding hydrogens is 487 g/mol. The van der Waals surface area contributed by atoms with Gasteiger partial charge in [-0.25, -0.2) is 14.2 Å². The van der Waals surface area contributed by atoms with E-state index in [1.165, 1.54) is 27.8 Å². The van der Waals surface area contributed by atoms with Crippen molar-refractivity contribution < 1.29 is 0 Å². The van der Waals surface area contributed by atoms with Crippen LogP contribution in [0.2, 0.25) is 0 Å². The number of anilines is 2. The zero-order valence-electron chi connectivity index (χ0n) is 23.0. The van der Waals surface area contributed by atoms with Gasteiger partial charge in [0.15, 0.2) is 7.36 Å². The fraction of sp³-hybridized carbons (Fsp3) is 0.323. The van der Waals surface area contributed by atoms with Crippen molar-refractivity contribution in [2.24, 2.45) is 9.85 Å². The molecule has 0 aliphatic carbocycles. The fourth-order valence-electron chi connectivity index (χ4n) is 6.14. The van der Waals surface area contributed by atoms with Crippen LogP contribution < -0.4 is 9.68 Å². The highest BCUT2D eigenvalue weighted by Gasteiger charge is 2.50. The van der Waals surface area contributed by atoms with Gasteiger partial charge in [-0.15, -0.1) is 0 Å². The van der Waals surface area contributed by atoms with Crippen molar-refractivity contribution in [3.05, 3.63) is 101 Å². The molecule has 0 aromatic heterocycles. The lowest BCUT2D eigenvalue weighted by atomic mass is 9.84. The maximum Gasteiger partial charge on any atom is 0.179 e. The first-order valence-electron chi connectivity index (χ1n) is 13.4. The number of fused-ring (bicyclic) bond motifs is 1. The van der Waals surface area contributed by atoms with Crippen LogP contribution in [-0.4, -0.2) is 56.1 Å². The molecule has 0 amide bonds. The molecule has 196 valence electrons. The van der Waals surface area contributed by atoms with Gasteiger partial charge in [-0.2, -0.15) is 5.10 Å². The number of hydrogen-bond donors (Lipinski definition) is 0. The summed E-state index contributed by atoms with van der Waals surface area (Å²) < 4.78 is 10.7. The molecule has 0 saturated carbocycles. The van der Waals surface area contributed by atoms with Gasteiger partial charge in [-0.05, 0) is 49.4 Å². The lowest BCUT2D eigenvalue weighted by Gasteiger charge is -2.44. The molecule has 1 saturated heterocycles. The summed E-state index contributed by atoms with van der Waals surface area (Å²) in [5.74, 6) is 0. The zero-order chi connectivity index (χ0) is 26.5. The van der Waals surface area contributed by atoms with E-state index in [1.54, 1.807) is 0 Å². The van der Waals surface area contributed by atoms with E-state index in [0.29, 0.717) is 0 Å². The van der Waals surface area contributed by atoms with E-state index in [9.17, 15) is 0 Å². The molecule has 6 rings (SSSR count). The largest absolute Gasteiger partial charge is 0.346 e. The highest BCUT2D eigenvalue weighted by atomic mass is 31.2. The quantitative estimate of drug-likeness (QED) is 0.344. The molecule has 0 spiro atoms. The van der Waals surface area contributed by atoms with E-state index in [-0.39, 0.29) is 5.41 Å². The van der Waals surface area contributed by atoms with Crippen LogP contribution in [0.15, 0.2) is 99.7 Å². The summed E-state index contributed by atoms with van der Waals surface area (Å²) in [5, 5.41) is 6.44. The normalized spacial score (nSPS) is 25.2. The number of hydrogen-bond acceptors (Lipinski definition) is 4. The number of allylic oxidation sites excluding steroid dienone is 2. The Hall–Kier alpha value is -3.18. The van der Waals surface area contributed by atoms with Gasteiger partial charge in [-0.1, -0.05) is 68.4 Å². The molecule has 3 aromatic carbocycles. The maximum absolute atomic E-state index is 5.82. The number of benzene rings is 3. The molecule has 6 nitrogen and oxygen atoms in total. The van der Waals surface area contributed by atoms with E-state index >= 15 is 0 Å². The van der Waals surface area contributed by atoms with E-state index in [1.807, 2.05) is 0 Å². The highest BCUT2D eigenvalue weighted by molar-refractivity contribution is 7.71. The molecule has 0 radical (unpaired) electrons. The van der Waals surface area contributed by atoms with Gasteiger partial charge in [0, 0.05) is 50.0 Å². The van der Waals surface area contributed by atoms with Gasteiger partial charge in [0.2, 0.25) is 0 Å². The van der Waals surface area contributed by atoms with Gasteiger partial charge < -0.3 is 9.80 Å². The molecule has 3 aliphatic heterocycles. The number of hydrazone groups is 1. The second-order valence-electron chi connectivity index (χ2n) is 11.0. The molecule has 0 bridgehead atoms. The number of para-hydroxylation sites is 2. The van der Waals surface area contributed by atoms with Crippen LogP contribution in [0.4, 0.5) is 17.1 Å². The number of piperazine rings is 1. The standard InChI is InChI=1S/C31H37N6P/c1-24-13-9-11-17-27(24)33-38(36-21-19-34(4)20-22-36)29(23-32-37(38)25-14-7-6-8-15-25)30-31(2,3)26-16-10-12-18-28(26)35(30)5/h6-18,23H,19-22H2,1-5H3/b30-29+/t38-/m1/s1. The summed E-state index contributed by atoms with van der Waals surface area (Å²) in [6.07, 6.45) is 2.13. The Morgan fingerprint density at radius 2 is 1.47 bits per heavy atom. The molecule has 1 atom stereocenters. The summed E-state index contributed by atoms with van der Waals surface area (Å²) in [5.41, 5.74) is 7.04. The first kappa shape index (κ1) is 25.1. The summed E-state index contributed by atoms with van der Waals surface area (Å²) in [4.78, 5) is 4.81. The van der Waals surface area contributed by atoms with Gasteiger partial charge in [0.05, 0.1) is 22.9 Å². The van der Waals surface area contributed by atoms with Gasteiger partial charge in [-0.3, -0.25) is 0 Å². The van der Waals surface area contributed by atoms with Crippen LogP contribution in [-0.2, 0) is 5.41 Å². The first-order valence-corrected chi connectivity index (χ1v) is 15.1. The number of nitrogens with zero attached hydrogens (tertiary/aromatic N) is 6. The van der Waals surface area contributed by atoms with E-state index in [4.69, 9.17) is 9.85 Å². The van der Waals surface area contributed by atoms with Crippen LogP contribution in [0.3, 0.4) is 0 Å². The molecule has 3 aromatic rings. The minimum absolute atomic E-state index is 0.182. The Morgan fingerprint density at radius 1 is 0.816 bits per heavy atom. The predicted octanol–water partition coefficient (Wildman–Crippen LogP) is 7.05. The lowest BCUT2D eigenvalue weighted by Crippen LogP contribution is -2.44. The molecule has 3 heterocycles. The Bertz CT molecular complexity index is 1470. The van der Waals surface area contributed by atoms with Crippen molar-refractivity contribution in [3.63, 3.8) is 0 Å². The maximum atomic E-state index is 5.82. The average molecular weight is 525 g/mol. The van der Waals surface area contributed by atoms with E-state index < -0.39 is 7.36 Å². The fourth-order valence-corrected chi connectivity index (χ4v) is 10.0. The van der Waals surface area contributed by atoms with E-state index in [0.717, 1.165) is 37.6 Å². The molecule has 7 heteroatoms. The van der Waals surface area contributed by atoms with Crippen LogP contribution in [0.1, 0.15) is 25.0 Å². The third-order valence-corrected chi connectivity index (χ3v) is 11.7. The Labute approximate surface area is 227 Å². The molecule has 0 N–H and O–H groups in total. The predicted molar refractivity (Wildman–Crippen MR) is 162 cm³/mol. The van der Waals surface area contributed by atoms with Crippen LogP contribution >= 0.6 is 7.36 Å². The monoisotopic (exact) mass is 524 g/mol. The number of rotatable bonds is 3. The Balaban J connectivity index is 1.69. The van der Waals surface area contributed by atoms with Crippen molar-refractivity contribution in [1.29, 1.82) is 0 Å². The van der Waals surface area contributed by atoms with Gasteiger partial charge in [0.1, 0.15) is 0 Å². The zero-order valence-corrected chi connectivity index (χ0v) is 23.9. The van der Waals surface area contributed by atoms with Crippen LogP contribution in [0.25, 0.3) is 0 Å². The second kappa shape index (κ2) is 9.53. The van der Waals surface area contributed by atoms with Crippen molar-refractivity contribution in [3.8, 4) is 0 Å². The third-order valence-electron chi connectivity index (χ3n) is 8.21. The lowest BCUT2D eigenvalue weighted by molar-refractivity contribution is 0.227. The smallest absolute Gasteiger partial charge is 0.179 e. The first-order chi connectivity index (χ1) is 18.3. The summed E-state index contributed by atoms with van der Waals surface area (Å²) in [6, 6.07) is 27.9. The highest BCUT2D eigenvalue weighted by Crippen LogP contribution is 2.70. The molecule has 3 aliphatic rings. The SMILES string of the molecule is Cc1ccccc1N=[P@@]1(N2CCN(C)CC2)/C(=C2/N(C)c3ccccc3C2(C)C)C=NN1c1ccccc1. The third kappa shape index (κ3) is 3.86. The van der Waals surface area contributed by atoms with Crippen molar-refractivity contribution in [1.82, 2.24) is 9.57 Å². The Morgan fingerprint density at radius 3 is 2.18 bits per heavy atom. The molecule has 1 fully saturated rings. The average Bonchev–Trinajstić information content (AvgIpc) is 3.38. The van der Waals surface area contributed by atoms with Crippen molar-refractivity contribution in [2.75, 3.05) is 50.0 Å². The molecule has 38 heavy (non-hydrogen) atoms. The Kier molecular flexibility index (Phi) is 6.30. The minimum atomic E-state index is -2.55. The second-order valence-corrected chi connectivity index (χ2v) is 13.8.